The molecule has 4 heteroatoms. The third-order valence-electron chi connectivity index (χ3n) is 3.53. The van der Waals surface area contributed by atoms with Gasteiger partial charge in [-0.25, -0.2) is 0 Å². The van der Waals surface area contributed by atoms with Crippen molar-refractivity contribution in [2.75, 3.05) is 0 Å². The molecule has 1 aromatic rings. The fourth-order valence-corrected chi connectivity index (χ4v) is 2.68. The Kier molecular flexibility index (Phi) is 3.52. The van der Waals surface area contributed by atoms with E-state index in [4.69, 9.17) is 10.3 Å². The molecule has 1 heterocycles. The van der Waals surface area contributed by atoms with Gasteiger partial charge in [-0.1, -0.05) is 38.8 Å². The van der Waals surface area contributed by atoms with Crippen LogP contribution in [0.25, 0.3) is 0 Å². The van der Waals surface area contributed by atoms with Crippen molar-refractivity contribution in [3.8, 4) is 0 Å². The van der Waals surface area contributed by atoms with Crippen molar-refractivity contribution >= 4 is 0 Å². The second kappa shape index (κ2) is 4.77. The van der Waals surface area contributed by atoms with Gasteiger partial charge in [-0.3, -0.25) is 0 Å². The van der Waals surface area contributed by atoms with Crippen LogP contribution in [0.1, 0.15) is 58.2 Å². The van der Waals surface area contributed by atoms with Crippen LogP contribution in [0, 0.1) is 11.8 Å². The summed E-state index contributed by atoms with van der Waals surface area (Å²) in [5.74, 6) is 2.61. The van der Waals surface area contributed by atoms with Crippen LogP contribution >= 0.6 is 0 Å². The summed E-state index contributed by atoms with van der Waals surface area (Å²) in [6.07, 6.45) is 5.19. The minimum absolute atomic E-state index is 0.365. The Morgan fingerprint density at radius 3 is 2.94 bits per heavy atom. The summed E-state index contributed by atoms with van der Waals surface area (Å²) in [5.41, 5.74) is 6.07. The quantitative estimate of drug-likeness (QED) is 0.877. The molecular formula is C13H23N3O. The lowest BCUT2D eigenvalue weighted by atomic mass is 9.76. The minimum atomic E-state index is -0.365. The molecule has 17 heavy (non-hydrogen) atoms. The van der Waals surface area contributed by atoms with E-state index in [1.54, 1.807) is 0 Å². The average molecular weight is 237 g/mol. The lowest BCUT2D eigenvalue weighted by molar-refractivity contribution is 0.221. The Morgan fingerprint density at radius 1 is 1.53 bits per heavy atom. The molecule has 0 amide bonds. The molecular weight excluding hydrogens is 214 g/mol. The van der Waals surface area contributed by atoms with Gasteiger partial charge in [-0.15, -0.1) is 0 Å². The summed E-state index contributed by atoms with van der Waals surface area (Å²) in [4.78, 5) is 4.48. The molecule has 1 fully saturated rings. The Balaban J connectivity index is 2.12. The fourth-order valence-electron chi connectivity index (χ4n) is 2.68. The number of rotatable bonds is 3. The minimum Gasteiger partial charge on any atom is -0.339 e. The molecule has 96 valence electrons. The van der Waals surface area contributed by atoms with Crippen molar-refractivity contribution < 1.29 is 4.52 Å². The van der Waals surface area contributed by atoms with E-state index >= 15 is 0 Å². The van der Waals surface area contributed by atoms with E-state index in [1.165, 1.54) is 6.42 Å². The summed E-state index contributed by atoms with van der Waals surface area (Å²) < 4.78 is 5.29. The van der Waals surface area contributed by atoms with Gasteiger partial charge >= 0.3 is 0 Å². The van der Waals surface area contributed by atoms with Gasteiger partial charge in [0.25, 0.3) is 0 Å². The Labute approximate surface area is 103 Å². The number of aromatic nitrogens is 2. The molecule has 4 nitrogen and oxygen atoms in total. The summed E-state index contributed by atoms with van der Waals surface area (Å²) >= 11 is 0. The highest BCUT2D eigenvalue weighted by Crippen LogP contribution is 2.36. The molecule has 0 bridgehead atoms. The van der Waals surface area contributed by atoms with E-state index in [-0.39, 0.29) is 5.54 Å². The van der Waals surface area contributed by atoms with Gasteiger partial charge in [0.1, 0.15) is 0 Å². The maximum absolute atomic E-state index is 6.43. The van der Waals surface area contributed by atoms with E-state index in [9.17, 15) is 0 Å². The smallest absolute Gasteiger partial charge is 0.226 e. The van der Waals surface area contributed by atoms with Gasteiger partial charge in [-0.05, 0) is 24.7 Å². The Morgan fingerprint density at radius 2 is 2.29 bits per heavy atom. The highest BCUT2D eigenvalue weighted by Gasteiger charge is 2.36. The van der Waals surface area contributed by atoms with Crippen LogP contribution in [0.5, 0.6) is 0 Å². The first kappa shape index (κ1) is 12.6. The fraction of sp³-hybridized carbons (Fsp3) is 0.846. The maximum atomic E-state index is 6.43. The molecule has 2 rings (SSSR count). The molecule has 0 spiro atoms. The summed E-state index contributed by atoms with van der Waals surface area (Å²) in [6.45, 7) is 6.53. The van der Waals surface area contributed by atoms with Crippen molar-refractivity contribution in [1.29, 1.82) is 0 Å². The summed E-state index contributed by atoms with van der Waals surface area (Å²) in [5, 5.41) is 4.09. The summed E-state index contributed by atoms with van der Waals surface area (Å²) in [6, 6.07) is 0. The normalized spacial score (nSPS) is 29.8. The van der Waals surface area contributed by atoms with Crippen LogP contribution in [0.2, 0.25) is 0 Å². The van der Waals surface area contributed by atoms with Gasteiger partial charge in [0, 0.05) is 6.42 Å². The number of hydrogen-bond acceptors (Lipinski definition) is 4. The van der Waals surface area contributed by atoms with Crippen molar-refractivity contribution in [2.24, 2.45) is 17.6 Å². The predicted octanol–water partition coefficient (Wildman–Crippen LogP) is 2.63. The van der Waals surface area contributed by atoms with Crippen molar-refractivity contribution in [2.45, 2.75) is 58.4 Å². The first-order valence-corrected chi connectivity index (χ1v) is 6.61. The van der Waals surface area contributed by atoms with Crippen LogP contribution < -0.4 is 5.73 Å². The second-order valence-corrected chi connectivity index (χ2v) is 5.97. The molecule has 0 aromatic carbocycles. The van der Waals surface area contributed by atoms with Gasteiger partial charge < -0.3 is 10.3 Å². The first-order chi connectivity index (χ1) is 7.99. The third kappa shape index (κ3) is 2.86. The maximum Gasteiger partial charge on any atom is 0.226 e. The van der Waals surface area contributed by atoms with Crippen LogP contribution in [-0.2, 0) is 12.0 Å². The van der Waals surface area contributed by atoms with E-state index in [0.29, 0.717) is 17.7 Å². The number of nitrogens with two attached hydrogens (primary N) is 1. The molecule has 1 aliphatic carbocycles. The largest absolute Gasteiger partial charge is 0.339 e. The van der Waals surface area contributed by atoms with E-state index in [0.717, 1.165) is 31.6 Å². The molecule has 0 radical (unpaired) electrons. The molecule has 0 aliphatic heterocycles. The SMILES string of the molecule is CC(C)Cc1nc(C2(N)CCCC(C)C2)no1. The lowest BCUT2D eigenvalue weighted by Gasteiger charge is -2.33. The van der Waals surface area contributed by atoms with Crippen LogP contribution in [0.3, 0.4) is 0 Å². The highest BCUT2D eigenvalue weighted by atomic mass is 16.5. The van der Waals surface area contributed by atoms with Crippen molar-refractivity contribution in [1.82, 2.24) is 10.1 Å². The highest BCUT2D eigenvalue weighted by molar-refractivity contribution is 5.06. The Hall–Kier alpha value is -0.900. The predicted molar refractivity (Wildman–Crippen MR) is 66.3 cm³/mol. The monoisotopic (exact) mass is 237 g/mol. The lowest BCUT2D eigenvalue weighted by Crippen LogP contribution is -2.42. The van der Waals surface area contributed by atoms with Gasteiger partial charge in [0.15, 0.2) is 5.82 Å². The molecule has 1 saturated carbocycles. The second-order valence-electron chi connectivity index (χ2n) is 5.97. The Bertz CT molecular complexity index is 374. The van der Waals surface area contributed by atoms with Gasteiger partial charge in [0.05, 0.1) is 5.54 Å². The molecule has 2 atom stereocenters. The molecule has 2 N–H and O–H groups in total. The first-order valence-electron chi connectivity index (χ1n) is 6.61. The van der Waals surface area contributed by atoms with Gasteiger partial charge in [0.2, 0.25) is 5.89 Å². The van der Waals surface area contributed by atoms with Crippen molar-refractivity contribution in [3.05, 3.63) is 11.7 Å². The molecule has 2 unspecified atom stereocenters. The number of nitrogens with zero attached hydrogens (tertiary/aromatic N) is 2. The zero-order valence-electron chi connectivity index (χ0n) is 11.1. The van der Waals surface area contributed by atoms with Crippen LogP contribution in [0.15, 0.2) is 4.52 Å². The number of hydrogen-bond donors (Lipinski definition) is 1. The molecule has 0 saturated heterocycles. The summed E-state index contributed by atoms with van der Waals surface area (Å²) in [7, 11) is 0. The van der Waals surface area contributed by atoms with E-state index < -0.39 is 0 Å². The van der Waals surface area contributed by atoms with Crippen LogP contribution in [-0.4, -0.2) is 10.1 Å². The third-order valence-corrected chi connectivity index (χ3v) is 3.53. The molecule has 1 aliphatic rings. The van der Waals surface area contributed by atoms with Crippen molar-refractivity contribution in [3.63, 3.8) is 0 Å². The standard InChI is InChI=1S/C13H23N3O/c1-9(2)7-11-15-12(16-17-11)13(14)6-4-5-10(3)8-13/h9-10H,4-8,14H2,1-3H3. The van der Waals surface area contributed by atoms with E-state index in [2.05, 4.69) is 30.9 Å². The van der Waals surface area contributed by atoms with E-state index in [1.807, 2.05) is 0 Å². The molecule has 1 aromatic heterocycles. The average Bonchev–Trinajstić information content (AvgIpc) is 2.65. The topological polar surface area (TPSA) is 64.9 Å². The van der Waals surface area contributed by atoms with Crippen LogP contribution in [0.4, 0.5) is 0 Å². The zero-order chi connectivity index (χ0) is 12.5. The zero-order valence-corrected chi connectivity index (χ0v) is 11.1. The van der Waals surface area contributed by atoms with Gasteiger partial charge in [-0.2, -0.15) is 4.98 Å².